The van der Waals surface area contributed by atoms with E-state index in [1.807, 2.05) is 0 Å². The molecule has 0 amide bonds. The number of hydrogen-bond donors (Lipinski definition) is 2. The van der Waals surface area contributed by atoms with Crippen LogP contribution in [-0.4, -0.2) is 5.84 Å². The van der Waals surface area contributed by atoms with Crippen molar-refractivity contribution in [2.75, 3.05) is 0 Å². The molecule has 0 saturated carbocycles. The van der Waals surface area contributed by atoms with Gasteiger partial charge in [0.05, 0.1) is 5.56 Å². The van der Waals surface area contributed by atoms with Gasteiger partial charge >= 0.3 is 6.18 Å². The summed E-state index contributed by atoms with van der Waals surface area (Å²) in [5.74, 6) is -0.365. The highest BCUT2D eigenvalue weighted by Gasteiger charge is 2.32. The van der Waals surface area contributed by atoms with Crippen LogP contribution >= 0.6 is 12.4 Å². The molecule has 0 unspecified atom stereocenters. The Morgan fingerprint density at radius 1 is 1.33 bits per heavy atom. The molecule has 0 fully saturated rings. The largest absolute Gasteiger partial charge is 0.416 e. The Balaban J connectivity index is 0.00000196. The molecule has 0 radical (unpaired) electrons. The average molecular weight is 239 g/mol. The van der Waals surface area contributed by atoms with Crippen molar-refractivity contribution in [1.29, 1.82) is 5.41 Å². The summed E-state index contributed by atoms with van der Waals surface area (Å²) < 4.78 is 37.1. The lowest BCUT2D eigenvalue weighted by molar-refractivity contribution is -0.138. The molecule has 0 aliphatic heterocycles. The van der Waals surface area contributed by atoms with Crippen LogP contribution in [0.15, 0.2) is 18.2 Å². The lowest BCUT2D eigenvalue weighted by Gasteiger charge is -2.11. The van der Waals surface area contributed by atoms with E-state index < -0.39 is 11.7 Å². The number of rotatable bonds is 1. The fraction of sp³-hybridized carbons (Fsp3) is 0.222. The van der Waals surface area contributed by atoms with Crippen molar-refractivity contribution < 1.29 is 13.2 Å². The summed E-state index contributed by atoms with van der Waals surface area (Å²) in [7, 11) is 0. The topological polar surface area (TPSA) is 49.9 Å². The van der Waals surface area contributed by atoms with E-state index in [4.69, 9.17) is 11.1 Å². The van der Waals surface area contributed by atoms with Crippen molar-refractivity contribution in [3.63, 3.8) is 0 Å². The fourth-order valence-electron chi connectivity index (χ4n) is 1.09. The number of amidine groups is 1. The quantitative estimate of drug-likeness (QED) is 0.574. The van der Waals surface area contributed by atoms with E-state index in [0.717, 1.165) is 6.07 Å². The summed E-state index contributed by atoms with van der Waals surface area (Å²) in [5.41, 5.74) is 4.56. The van der Waals surface area contributed by atoms with Gasteiger partial charge in [-0.05, 0) is 18.6 Å². The van der Waals surface area contributed by atoms with Crippen molar-refractivity contribution in [3.8, 4) is 0 Å². The van der Waals surface area contributed by atoms with Gasteiger partial charge in [-0.25, -0.2) is 0 Å². The molecule has 0 bridgehead atoms. The molecule has 1 rings (SSSR count). The smallest absolute Gasteiger partial charge is 0.384 e. The van der Waals surface area contributed by atoms with Crippen LogP contribution in [0.1, 0.15) is 16.7 Å². The van der Waals surface area contributed by atoms with Crippen LogP contribution in [-0.2, 0) is 6.18 Å². The molecule has 0 heterocycles. The van der Waals surface area contributed by atoms with Crippen LogP contribution in [0.5, 0.6) is 0 Å². The van der Waals surface area contributed by atoms with Gasteiger partial charge < -0.3 is 5.73 Å². The molecule has 0 spiro atoms. The SMILES string of the molecule is Cc1ccc(C(=N)N)cc1C(F)(F)F.Cl. The second-order valence-corrected chi connectivity index (χ2v) is 2.94. The number of nitrogens with two attached hydrogens (primary N) is 1. The summed E-state index contributed by atoms with van der Waals surface area (Å²) in [4.78, 5) is 0. The second kappa shape index (κ2) is 4.53. The Labute approximate surface area is 91.2 Å². The van der Waals surface area contributed by atoms with E-state index in [0.29, 0.717) is 0 Å². The highest BCUT2D eigenvalue weighted by Crippen LogP contribution is 2.32. The monoisotopic (exact) mass is 238 g/mol. The van der Waals surface area contributed by atoms with Gasteiger partial charge in [0.15, 0.2) is 0 Å². The molecule has 0 aromatic heterocycles. The molecule has 0 aliphatic rings. The Kier molecular flexibility index (Phi) is 4.16. The van der Waals surface area contributed by atoms with Crippen LogP contribution in [0.2, 0.25) is 0 Å². The number of benzene rings is 1. The summed E-state index contributed by atoms with van der Waals surface area (Å²) in [6.45, 7) is 1.37. The molecule has 15 heavy (non-hydrogen) atoms. The van der Waals surface area contributed by atoms with E-state index >= 15 is 0 Å². The van der Waals surface area contributed by atoms with Crippen molar-refractivity contribution in [2.24, 2.45) is 5.73 Å². The fourth-order valence-corrected chi connectivity index (χ4v) is 1.09. The van der Waals surface area contributed by atoms with Crippen molar-refractivity contribution in [2.45, 2.75) is 13.1 Å². The lowest BCUT2D eigenvalue weighted by Crippen LogP contribution is -2.14. The Morgan fingerprint density at radius 2 is 1.87 bits per heavy atom. The molecule has 6 heteroatoms. The maximum Gasteiger partial charge on any atom is 0.416 e. The van der Waals surface area contributed by atoms with Gasteiger partial charge in [0, 0.05) is 5.56 Å². The Hall–Kier alpha value is -1.23. The normalized spacial score (nSPS) is 10.7. The minimum atomic E-state index is -4.39. The van der Waals surface area contributed by atoms with E-state index in [9.17, 15) is 13.2 Å². The molecule has 84 valence electrons. The third kappa shape index (κ3) is 3.13. The summed E-state index contributed by atoms with van der Waals surface area (Å²) >= 11 is 0. The van der Waals surface area contributed by atoms with Gasteiger partial charge in [0.2, 0.25) is 0 Å². The van der Waals surface area contributed by atoms with Gasteiger partial charge in [-0.2, -0.15) is 13.2 Å². The van der Waals surface area contributed by atoms with E-state index in [2.05, 4.69) is 0 Å². The minimum absolute atomic E-state index is 0. The molecular weight excluding hydrogens is 229 g/mol. The first-order valence-electron chi connectivity index (χ1n) is 3.84. The Morgan fingerprint density at radius 3 is 2.27 bits per heavy atom. The molecule has 0 aliphatic carbocycles. The molecule has 1 aromatic carbocycles. The zero-order chi connectivity index (χ0) is 10.9. The first kappa shape index (κ1) is 13.8. The maximum atomic E-state index is 12.4. The van der Waals surface area contributed by atoms with Gasteiger partial charge in [-0.15, -0.1) is 12.4 Å². The minimum Gasteiger partial charge on any atom is -0.384 e. The molecule has 2 nitrogen and oxygen atoms in total. The summed E-state index contributed by atoms with van der Waals surface area (Å²) in [6, 6.07) is 3.59. The average Bonchev–Trinajstić information content (AvgIpc) is 2.02. The number of aryl methyl sites for hydroxylation is 1. The first-order chi connectivity index (χ1) is 6.32. The van der Waals surface area contributed by atoms with Gasteiger partial charge in [-0.3, -0.25) is 5.41 Å². The Bertz CT molecular complexity index is 374. The molecule has 0 saturated heterocycles. The summed E-state index contributed by atoms with van der Waals surface area (Å²) in [5, 5.41) is 7.02. The number of nitrogens with one attached hydrogen (secondary N) is 1. The first-order valence-corrected chi connectivity index (χ1v) is 3.84. The van der Waals surface area contributed by atoms with Crippen LogP contribution in [0.4, 0.5) is 13.2 Å². The number of halogens is 4. The third-order valence-corrected chi connectivity index (χ3v) is 1.85. The molecule has 1 aromatic rings. The predicted molar refractivity (Wildman–Crippen MR) is 54.4 cm³/mol. The number of nitrogen functional groups attached to an aromatic ring is 1. The maximum absolute atomic E-state index is 12.4. The van der Waals surface area contributed by atoms with Gasteiger partial charge in [0.1, 0.15) is 5.84 Å². The van der Waals surface area contributed by atoms with Crippen LogP contribution in [0.3, 0.4) is 0 Å². The van der Waals surface area contributed by atoms with E-state index in [1.54, 1.807) is 0 Å². The number of hydrogen-bond acceptors (Lipinski definition) is 1. The van der Waals surface area contributed by atoms with Crippen molar-refractivity contribution >= 4 is 18.2 Å². The zero-order valence-corrected chi connectivity index (χ0v) is 8.67. The van der Waals surface area contributed by atoms with Crippen LogP contribution < -0.4 is 5.73 Å². The molecular formula is C9H10ClF3N2. The van der Waals surface area contributed by atoms with E-state index in [-0.39, 0.29) is 29.4 Å². The highest BCUT2D eigenvalue weighted by atomic mass is 35.5. The molecule has 0 atom stereocenters. The van der Waals surface area contributed by atoms with Crippen LogP contribution in [0.25, 0.3) is 0 Å². The number of alkyl halides is 3. The third-order valence-electron chi connectivity index (χ3n) is 1.85. The second-order valence-electron chi connectivity index (χ2n) is 2.94. The van der Waals surface area contributed by atoms with Crippen LogP contribution in [0, 0.1) is 12.3 Å². The standard InChI is InChI=1S/C9H9F3N2.ClH/c1-5-2-3-6(8(13)14)4-7(5)9(10,11)12;/h2-4H,1H3,(H3,13,14);1H. The lowest BCUT2D eigenvalue weighted by atomic mass is 10.0. The van der Waals surface area contributed by atoms with Gasteiger partial charge in [-0.1, -0.05) is 12.1 Å². The molecule has 3 N–H and O–H groups in total. The summed E-state index contributed by atoms with van der Waals surface area (Å²) in [6.07, 6.45) is -4.39. The predicted octanol–water partition coefficient (Wildman–Crippen LogP) is 2.72. The van der Waals surface area contributed by atoms with Crippen molar-refractivity contribution in [3.05, 3.63) is 34.9 Å². The highest BCUT2D eigenvalue weighted by molar-refractivity contribution is 5.95. The zero-order valence-electron chi connectivity index (χ0n) is 7.85. The van der Waals surface area contributed by atoms with Gasteiger partial charge in [0.25, 0.3) is 0 Å². The van der Waals surface area contributed by atoms with Crippen molar-refractivity contribution in [1.82, 2.24) is 0 Å². The van der Waals surface area contributed by atoms with E-state index in [1.165, 1.54) is 19.1 Å².